The second-order valence-electron chi connectivity index (χ2n) is 3.91. The van der Waals surface area contributed by atoms with Gasteiger partial charge in [0.05, 0.1) is 5.56 Å². The van der Waals surface area contributed by atoms with Crippen molar-refractivity contribution in [2.45, 2.75) is 13.1 Å². The van der Waals surface area contributed by atoms with Gasteiger partial charge in [0.2, 0.25) is 0 Å². The molecule has 6 heteroatoms. The van der Waals surface area contributed by atoms with E-state index in [9.17, 15) is 22.4 Å². The zero-order valence-electron chi connectivity index (χ0n) is 9.84. The largest absolute Gasteiger partial charge is 0.419 e. The maximum atomic E-state index is 13.3. The van der Waals surface area contributed by atoms with Crippen molar-refractivity contribution >= 4 is 17.5 Å². The summed E-state index contributed by atoms with van der Waals surface area (Å²) in [5.41, 5.74) is -1.38. The maximum absolute atomic E-state index is 13.3. The zero-order chi connectivity index (χ0) is 13.9. The average molecular weight is 280 g/mol. The number of carbonyl (C=O) groups is 1. The van der Waals surface area contributed by atoms with Crippen molar-refractivity contribution < 1.29 is 22.4 Å². The lowest BCUT2D eigenvalue weighted by atomic mass is 9.99. The van der Waals surface area contributed by atoms with Crippen LogP contribution < -0.4 is 0 Å². The van der Waals surface area contributed by atoms with Gasteiger partial charge in [0.15, 0.2) is 5.78 Å². The summed E-state index contributed by atoms with van der Waals surface area (Å²) in [5, 5.41) is 0. The molecule has 0 saturated heterocycles. The maximum Gasteiger partial charge on any atom is 0.419 e. The van der Waals surface area contributed by atoms with Crippen molar-refractivity contribution in [3.8, 4) is 0 Å². The number of thioether (sulfide) groups is 1. The third-order valence-electron chi connectivity index (χ3n) is 2.42. The number of rotatable bonds is 4. The highest BCUT2D eigenvalue weighted by atomic mass is 32.2. The predicted octanol–water partition coefficient (Wildman–Crippen LogP) is 4.03. The fraction of sp³-hybridized carbons (Fsp3) is 0.417. The lowest BCUT2D eigenvalue weighted by molar-refractivity contribution is -0.140. The first-order valence-corrected chi connectivity index (χ1v) is 6.56. The molecule has 0 N–H and O–H groups in total. The topological polar surface area (TPSA) is 17.1 Å². The molecule has 1 aromatic carbocycles. The smallest absolute Gasteiger partial charge is 0.294 e. The number of hydrogen-bond donors (Lipinski definition) is 0. The average Bonchev–Trinajstić information content (AvgIpc) is 2.26. The normalized spacial score (nSPS) is 13.4. The lowest BCUT2D eigenvalue weighted by Crippen LogP contribution is -2.15. The molecule has 0 radical (unpaired) electrons. The van der Waals surface area contributed by atoms with Gasteiger partial charge >= 0.3 is 6.18 Å². The third-order valence-corrected chi connectivity index (χ3v) is 3.26. The molecule has 0 aliphatic carbocycles. The van der Waals surface area contributed by atoms with Gasteiger partial charge in [-0.3, -0.25) is 4.79 Å². The Morgan fingerprint density at radius 1 is 1.39 bits per heavy atom. The van der Waals surface area contributed by atoms with Crippen LogP contribution in [0, 0.1) is 11.7 Å². The molecule has 18 heavy (non-hydrogen) atoms. The van der Waals surface area contributed by atoms with E-state index in [1.807, 2.05) is 6.26 Å². The number of hydrogen-bond acceptors (Lipinski definition) is 2. The van der Waals surface area contributed by atoms with Crippen LogP contribution in [0.4, 0.5) is 17.6 Å². The van der Waals surface area contributed by atoms with Gasteiger partial charge in [-0.1, -0.05) is 13.0 Å². The molecule has 0 aliphatic heterocycles. The molecular formula is C12H12F4OS. The van der Waals surface area contributed by atoms with Crippen molar-refractivity contribution in [3.63, 3.8) is 0 Å². The summed E-state index contributed by atoms with van der Waals surface area (Å²) in [6, 6.07) is 2.28. The monoisotopic (exact) mass is 280 g/mol. The molecule has 0 aromatic heterocycles. The van der Waals surface area contributed by atoms with Crippen molar-refractivity contribution in [1.29, 1.82) is 0 Å². The summed E-state index contributed by atoms with van der Waals surface area (Å²) < 4.78 is 50.3. The molecule has 100 valence electrons. The first-order valence-electron chi connectivity index (χ1n) is 5.17. The summed E-state index contributed by atoms with van der Waals surface area (Å²) in [6.45, 7) is 1.66. The Kier molecular flexibility index (Phi) is 4.78. The number of carbonyl (C=O) groups excluding carboxylic acids is 1. The van der Waals surface area contributed by atoms with Crippen molar-refractivity contribution in [3.05, 3.63) is 35.1 Å². The fourth-order valence-electron chi connectivity index (χ4n) is 1.51. The standard InChI is InChI=1S/C12H12F4OS/c1-7(6-18-2)11(17)8-3-4-9(10(13)5-8)12(14,15)16/h3-5,7H,6H2,1-2H3. The van der Waals surface area contributed by atoms with Gasteiger partial charge in [0.1, 0.15) is 5.82 Å². The summed E-state index contributed by atoms with van der Waals surface area (Å²) in [7, 11) is 0. The summed E-state index contributed by atoms with van der Waals surface area (Å²) >= 11 is 1.45. The molecule has 1 nitrogen and oxygen atoms in total. The highest BCUT2D eigenvalue weighted by molar-refractivity contribution is 7.98. The number of halogens is 4. The molecule has 0 fully saturated rings. The third kappa shape index (κ3) is 3.48. The first-order chi connectivity index (χ1) is 8.27. The minimum Gasteiger partial charge on any atom is -0.294 e. The van der Waals surface area contributed by atoms with Gasteiger partial charge in [-0.2, -0.15) is 24.9 Å². The Morgan fingerprint density at radius 2 is 2.00 bits per heavy atom. The van der Waals surface area contributed by atoms with E-state index in [-0.39, 0.29) is 17.3 Å². The predicted molar refractivity (Wildman–Crippen MR) is 63.3 cm³/mol. The van der Waals surface area contributed by atoms with E-state index in [2.05, 4.69) is 0 Å². The molecule has 0 amide bonds. The molecule has 0 heterocycles. The van der Waals surface area contributed by atoms with Gasteiger partial charge in [-0.05, 0) is 18.4 Å². The second-order valence-corrected chi connectivity index (χ2v) is 4.82. The molecule has 1 rings (SSSR count). The van der Waals surface area contributed by atoms with Crippen LogP contribution in [-0.4, -0.2) is 17.8 Å². The van der Waals surface area contributed by atoms with E-state index < -0.39 is 17.6 Å². The van der Waals surface area contributed by atoms with Crippen LogP contribution in [-0.2, 0) is 6.18 Å². The SMILES string of the molecule is CSCC(C)C(=O)c1ccc(C(F)(F)F)c(F)c1. The van der Waals surface area contributed by atoms with Crippen molar-refractivity contribution in [2.75, 3.05) is 12.0 Å². The Hall–Kier alpha value is -1.04. The zero-order valence-corrected chi connectivity index (χ0v) is 10.7. The molecule has 0 spiro atoms. The van der Waals surface area contributed by atoms with Gasteiger partial charge < -0.3 is 0 Å². The quantitative estimate of drug-likeness (QED) is 0.612. The minimum atomic E-state index is -4.74. The van der Waals surface area contributed by atoms with E-state index in [4.69, 9.17) is 0 Å². The van der Waals surface area contributed by atoms with Crippen LogP contribution >= 0.6 is 11.8 Å². The van der Waals surface area contributed by atoms with Crippen LogP contribution in [0.25, 0.3) is 0 Å². The number of Topliss-reactive ketones (excluding diaryl/α,β-unsaturated/α-hetero) is 1. The second kappa shape index (κ2) is 5.73. The Morgan fingerprint density at radius 3 is 2.44 bits per heavy atom. The van der Waals surface area contributed by atoms with Gasteiger partial charge in [-0.15, -0.1) is 0 Å². The van der Waals surface area contributed by atoms with E-state index in [1.165, 1.54) is 11.8 Å². The number of benzene rings is 1. The molecule has 1 aromatic rings. The Labute approximate surface area is 107 Å². The van der Waals surface area contributed by atoms with Crippen LogP contribution in [0.3, 0.4) is 0 Å². The summed E-state index contributed by atoms with van der Waals surface area (Å²) in [6.07, 6.45) is -2.92. The van der Waals surface area contributed by atoms with Crippen LogP contribution in [0.1, 0.15) is 22.8 Å². The van der Waals surface area contributed by atoms with E-state index >= 15 is 0 Å². The molecule has 0 saturated carbocycles. The molecule has 0 aliphatic rings. The summed E-state index contributed by atoms with van der Waals surface area (Å²) in [4.78, 5) is 11.8. The number of ketones is 1. The van der Waals surface area contributed by atoms with Gasteiger partial charge in [0, 0.05) is 17.2 Å². The van der Waals surface area contributed by atoms with E-state index in [1.54, 1.807) is 6.92 Å². The van der Waals surface area contributed by atoms with Gasteiger partial charge in [0.25, 0.3) is 0 Å². The Bertz CT molecular complexity index is 442. The van der Waals surface area contributed by atoms with Crippen molar-refractivity contribution in [2.24, 2.45) is 5.92 Å². The lowest BCUT2D eigenvalue weighted by Gasteiger charge is -2.11. The highest BCUT2D eigenvalue weighted by Crippen LogP contribution is 2.31. The molecular weight excluding hydrogens is 268 g/mol. The number of alkyl halides is 3. The first kappa shape index (κ1) is 15.0. The van der Waals surface area contributed by atoms with Gasteiger partial charge in [-0.25, -0.2) is 4.39 Å². The van der Waals surface area contributed by atoms with Crippen LogP contribution in [0.15, 0.2) is 18.2 Å². The molecule has 1 atom stereocenters. The summed E-state index contributed by atoms with van der Waals surface area (Å²) in [5.74, 6) is -1.57. The van der Waals surface area contributed by atoms with Crippen LogP contribution in [0.2, 0.25) is 0 Å². The highest BCUT2D eigenvalue weighted by Gasteiger charge is 2.34. The molecule has 0 bridgehead atoms. The van der Waals surface area contributed by atoms with E-state index in [0.29, 0.717) is 17.9 Å². The molecule has 1 unspecified atom stereocenters. The Balaban J connectivity index is 3.01. The van der Waals surface area contributed by atoms with Crippen LogP contribution in [0.5, 0.6) is 0 Å². The minimum absolute atomic E-state index is 0.0259. The van der Waals surface area contributed by atoms with Crippen molar-refractivity contribution in [1.82, 2.24) is 0 Å². The fourth-order valence-corrected chi connectivity index (χ4v) is 2.16. The van der Waals surface area contributed by atoms with E-state index in [0.717, 1.165) is 6.07 Å².